The molecule has 3 saturated carbocycles. The molecule has 3 atom stereocenters. The second-order valence-electron chi connectivity index (χ2n) is 10.7. The van der Waals surface area contributed by atoms with Crippen LogP contribution in [0, 0.1) is 11.3 Å². The fraction of sp³-hybridized carbons (Fsp3) is 0.464. The third kappa shape index (κ3) is 3.60. The third-order valence-electron chi connectivity index (χ3n) is 8.75. The number of hydrogen-bond donors (Lipinski definition) is 3. The summed E-state index contributed by atoms with van der Waals surface area (Å²) in [6.45, 7) is 0.197. The molecule has 2 aromatic carbocycles. The van der Waals surface area contributed by atoms with Crippen LogP contribution in [0.5, 0.6) is 0 Å². The molecule has 35 heavy (non-hydrogen) atoms. The smallest absolute Gasteiger partial charge is 0.408 e. The van der Waals surface area contributed by atoms with Gasteiger partial charge in [0.05, 0.1) is 5.41 Å². The number of carbonyl (C=O) groups excluding carboxylic acids is 2. The van der Waals surface area contributed by atoms with Gasteiger partial charge in [-0.3, -0.25) is 9.59 Å². The Bertz CT molecular complexity index is 1160. The number of alkyl carbamates (subject to hydrolysis) is 1. The molecule has 4 aliphatic carbocycles. The Balaban J connectivity index is 1.11. The van der Waals surface area contributed by atoms with Gasteiger partial charge in [-0.15, -0.1) is 0 Å². The zero-order valence-electron chi connectivity index (χ0n) is 19.6. The number of ether oxygens (including phenoxy) is 1. The Morgan fingerprint density at radius 1 is 0.943 bits per heavy atom. The highest BCUT2D eigenvalue weighted by atomic mass is 16.5. The molecular weight excluding hydrogens is 444 g/mol. The summed E-state index contributed by atoms with van der Waals surface area (Å²) in [5.41, 5.74) is 2.96. The SMILES string of the molecule is O=C(NC1(C(=O)N[C@@H]2C[C@H]3C[C@@]3(C(=O)O)C2)CCCC1)OCC1c2ccccc2-c2ccccc21. The predicted octanol–water partition coefficient (Wildman–Crippen LogP) is 4.21. The van der Waals surface area contributed by atoms with Crippen molar-refractivity contribution in [2.75, 3.05) is 6.61 Å². The van der Waals surface area contributed by atoms with E-state index >= 15 is 0 Å². The minimum atomic E-state index is -0.994. The van der Waals surface area contributed by atoms with Crippen molar-refractivity contribution in [3.8, 4) is 11.1 Å². The monoisotopic (exact) mass is 474 g/mol. The lowest BCUT2D eigenvalue weighted by Crippen LogP contribution is -2.59. The van der Waals surface area contributed by atoms with E-state index in [1.54, 1.807) is 0 Å². The van der Waals surface area contributed by atoms with Crippen LogP contribution in [0.25, 0.3) is 11.1 Å². The van der Waals surface area contributed by atoms with Gasteiger partial charge in [0.1, 0.15) is 12.1 Å². The number of carboxylic acids is 1. The van der Waals surface area contributed by atoms with Gasteiger partial charge in [-0.1, -0.05) is 61.4 Å². The number of carboxylic acid groups (broad SMARTS) is 1. The molecule has 3 fully saturated rings. The van der Waals surface area contributed by atoms with Gasteiger partial charge in [0.25, 0.3) is 0 Å². The molecular formula is C28H30N2O5. The Morgan fingerprint density at radius 3 is 2.17 bits per heavy atom. The summed E-state index contributed by atoms with van der Waals surface area (Å²) in [6, 6.07) is 16.2. The molecule has 0 radical (unpaired) electrons. The van der Waals surface area contributed by atoms with Crippen molar-refractivity contribution in [2.24, 2.45) is 11.3 Å². The Kier molecular flexibility index (Phi) is 5.13. The Labute approximate surface area is 204 Å². The van der Waals surface area contributed by atoms with Crippen LogP contribution < -0.4 is 10.6 Å². The molecule has 0 heterocycles. The normalized spacial score (nSPS) is 27.4. The third-order valence-corrected chi connectivity index (χ3v) is 8.75. The second kappa shape index (κ2) is 8.11. The first kappa shape index (κ1) is 22.1. The van der Waals surface area contributed by atoms with Crippen LogP contribution in [0.3, 0.4) is 0 Å². The van der Waals surface area contributed by atoms with Crippen LogP contribution in [0.4, 0.5) is 4.79 Å². The quantitative estimate of drug-likeness (QED) is 0.582. The van der Waals surface area contributed by atoms with E-state index < -0.39 is 23.0 Å². The number of benzene rings is 2. The summed E-state index contributed by atoms with van der Waals surface area (Å²) in [5, 5.41) is 15.5. The zero-order valence-corrected chi connectivity index (χ0v) is 19.6. The van der Waals surface area contributed by atoms with Gasteiger partial charge >= 0.3 is 12.1 Å². The number of carbonyl (C=O) groups is 3. The predicted molar refractivity (Wildman–Crippen MR) is 129 cm³/mol. The lowest BCUT2D eigenvalue weighted by atomic mass is 9.95. The van der Waals surface area contributed by atoms with E-state index in [0.29, 0.717) is 32.1 Å². The summed E-state index contributed by atoms with van der Waals surface area (Å²) < 4.78 is 5.71. The summed E-state index contributed by atoms with van der Waals surface area (Å²) in [5.74, 6) is -0.860. The van der Waals surface area contributed by atoms with Gasteiger partial charge in [-0.05, 0) is 60.3 Å². The summed E-state index contributed by atoms with van der Waals surface area (Å²) in [7, 11) is 0. The first-order chi connectivity index (χ1) is 16.9. The lowest BCUT2D eigenvalue weighted by Gasteiger charge is -2.30. The lowest BCUT2D eigenvalue weighted by molar-refractivity contribution is -0.144. The van der Waals surface area contributed by atoms with E-state index in [4.69, 9.17) is 4.74 Å². The van der Waals surface area contributed by atoms with E-state index in [-0.39, 0.29) is 30.4 Å². The molecule has 2 amide bonds. The molecule has 2 aromatic rings. The average Bonchev–Trinajstić information content (AvgIpc) is 3.18. The largest absolute Gasteiger partial charge is 0.481 e. The molecule has 0 saturated heterocycles. The van der Waals surface area contributed by atoms with Crippen LogP contribution in [-0.2, 0) is 14.3 Å². The van der Waals surface area contributed by atoms with Gasteiger partial charge in [0, 0.05) is 12.0 Å². The van der Waals surface area contributed by atoms with Crippen molar-refractivity contribution in [3.63, 3.8) is 0 Å². The molecule has 7 heteroatoms. The molecule has 182 valence electrons. The van der Waals surface area contributed by atoms with Crippen molar-refractivity contribution >= 4 is 18.0 Å². The summed E-state index contributed by atoms with van der Waals surface area (Å²) in [4.78, 5) is 37.9. The number of aliphatic carboxylic acids is 1. The van der Waals surface area contributed by atoms with Crippen molar-refractivity contribution in [1.29, 1.82) is 0 Å². The standard InChI is InChI=1S/C28H30N2O5/c31-24(29-18-13-17-14-27(17,15-18)25(32)33)28(11-5-6-12-28)30-26(34)35-16-23-21-9-3-1-7-19(21)20-8-2-4-10-22(20)23/h1-4,7-10,17-18,23H,5-6,11-16H2,(H,29,31)(H,30,34)(H,32,33)/t17-,18+,27+/m0/s1. The highest BCUT2D eigenvalue weighted by Crippen LogP contribution is 2.63. The number of rotatable bonds is 6. The first-order valence-electron chi connectivity index (χ1n) is 12.6. The maximum atomic E-state index is 13.3. The first-order valence-corrected chi connectivity index (χ1v) is 12.6. The average molecular weight is 475 g/mol. The number of amides is 2. The van der Waals surface area contributed by atoms with Crippen molar-refractivity contribution in [2.45, 2.75) is 62.4 Å². The molecule has 6 rings (SSSR count). The Morgan fingerprint density at radius 2 is 1.57 bits per heavy atom. The van der Waals surface area contributed by atoms with E-state index in [2.05, 4.69) is 34.9 Å². The van der Waals surface area contributed by atoms with Crippen LogP contribution in [-0.4, -0.2) is 41.3 Å². The highest BCUT2D eigenvalue weighted by molar-refractivity contribution is 5.91. The minimum absolute atomic E-state index is 0.0427. The highest BCUT2D eigenvalue weighted by Gasteiger charge is 2.65. The number of fused-ring (bicyclic) bond motifs is 4. The van der Waals surface area contributed by atoms with Crippen molar-refractivity contribution in [3.05, 3.63) is 59.7 Å². The van der Waals surface area contributed by atoms with E-state index in [1.165, 1.54) is 0 Å². The maximum Gasteiger partial charge on any atom is 0.408 e. The zero-order chi connectivity index (χ0) is 24.2. The van der Waals surface area contributed by atoms with Crippen LogP contribution in [0.1, 0.15) is 62.0 Å². The topological polar surface area (TPSA) is 105 Å². The number of nitrogens with one attached hydrogen (secondary N) is 2. The molecule has 4 aliphatic rings. The summed E-state index contributed by atoms with van der Waals surface area (Å²) in [6.07, 6.45) is 4.11. The Hall–Kier alpha value is -3.35. The van der Waals surface area contributed by atoms with Gasteiger partial charge in [0.2, 0.25) is 5.91 Å². The van der Waals surface area contributed by atoms with Crippen molar-refractivity contribution in [1.82, 2.24) is 10.6 Å². The van der Waals surface area contributed by atoms with Crippen LogP contribution in [0.2, 0.25) is 0 Å². The minimum Gasteiger partial charge on any atom is -0.481 e. The van der Waals surface area contributed by atoms with Crippen LogP contribution in [0.15, 0.2) is 48.5 Å². The van der Waals surface area contributed by atoms with E-state index in [9.17, 15) is 19.5 Å². The second-order valence-corrected chi connectivity index (χ2v) is 10.7. The molecule has 0 spiro atoms. The van der Waals surface area contributed by atoms with E-state index in [1.807, 2.05) is 24.3 Å². The molecule has 0 aromatic heterocycles. The van der Waals surface area contributed by atoms with Gasteiger partial charge in [-0.2, -0.15) is 0 Å². The molecule has 3 N–H and O–H groups in total. The van der Waals surface area contributed by atoms with Gasteiger partial charge in [-0.25, -0.2) is 4.79 Å². The molecule has 0 aliphatic heterocycles. The van der Waals surface area contributed by atoms with Crippen molar-refractivity contribution < 1.29 is 24.2 Å². The fourth-order valence-corrected chi connectivity index (χ4v) is 6.81. The van der Waals surface area contributed by atoms with Crippen LogP contribution >= 0.6 is 0 Å². The summed E-state index contributed by atoms with van der Waals surface area (Å²) >= 11 is 0. The number of hydrogen-bond acceptors (Lipinski definition) is 4. The van der Waals surface area contributed by atoms with Gasteiger partial charge in [0.15, 0.2) is 0 Å². The fourth-order valence-electron chi connectivity index (χ4n) is 6.81. The molecule has 7 nitrogen and oxygen atoms in total. The maximum absolute atomic E-state index is 13.3. The molecule has 0 bridgehead atoms. The van der Waals surface area contributed by atoms with Gasteiger partial charge < -0.3 is 20.5 Å². The molecule has 0 unspecified atom stereocenters. The van der Waals surface area contributed by atoms with E-state index in [0.717, 1.165) is 35.1 Å².